The Bertz CT molecular complexity index is 170. The van der Waals surface area contributed by atoms with E-state index in [0.717, 1.165) is 6.08 Å². The van der Waals surface area contributed by atoms with Crippen molar-refractivity contribution in [2.45, 2.75) is 20.8 Å². The Morgan fingerprint density at radius 3 is 1.93 bits per heavy atom. The second-order valence-electron chi connectivity index (χ2n) is 1.94. The molecular weight excluding hydrogens is 212 g/mol. The fourth-order valence-electron chi connectivity index (χ4n) is 0.464. The van der Waals surface area contributed by atoms with Gasteiger partial charge in [-0.15, -0.1) is 6.61 Å². The van der Waals surface area contributed by atoms with Gasteiger partial charge < -0.3 is 19.7 Å². The first-order valence-corrected chi connectivity index (χ1v) is 4.38. The van der Waals surface area contributed by atoms with E-state index >= 15 is 0 Å². The number of hydrogen-bond donors (Lipinski definition) is 0. The Kier molecular flexibility index (Phi) is 21.3. The van der Waals surface area contributed by atoms with Gasteiger partial charge in [0.05, 0.1) is 12.6 Å². The van der Waals surface area contributed by atoms with Crippen LogP contribution in [-0.2, 0) is 14.3 Å². The van der Waals surface area contributed by atoms with Gasteiger partial charge in [0.15, 0.2) is 0 Å². The van der Waals surface area contributed by atoms with Gasteiger partial charge in [0, 0.05) is 6.08 Å². The third-order valence-electron chi connectivity index (χ3n) is 0.809. The summed E-state index contributed by atoms with van der Waals surface area (Å²) in [6, 6.07) is 0. The third-order valence-corrected chi connectivity index (χ3v) is 0.809. The maximum absolute atomic E-state index is 10.5. The minimum absolute atomic E-state index is 0. The summed E-state index contributed by atoms with van der Waals surface area (Å²) in [4.78, 5) is 10.5. The molecule has 0 N–H and O–H groups in total. The zero-order valence-corrected chi connectivity index (χ0v) is 10.9. The van der Waals surface area contributed by atoms with Crippen LogP contribution in [0.4, 0.5) is 0 Å². The molecule has 0 saturated carbocycles. The summed E-state index contributed by atoms with van der Waals surface area (Å²) < 4.78 is 8.93. The first-order valence-electron chi connectivity index (χ1n) is 4.38. The maximum Gasteiger partial charge on any atom is 2.00 e. The van der Waals surface area contributed by atoms with Crippen LogP contribution < -0.4 is 10.2 Å². The molecule has 0 radical (unpaired) electrons. The Hall–Kier alpha value is -0.464. The quantitative estimate of drug-likeness (QED) is 0.261. The standard InChI is InChI=1S/C7H12O4.C2H5O.Mg/c1-3-10-6(8)5-7(9)11-4-2;1-2-3;/h5,8H,3-4H2,1-2H3;2H2,1H3;/q;-1;+2/p-1/b6-5+;;. The van der Waals surface area contributed by atoms with Gasteiger partial charge in [0.2, 0.25) is 0 Å². The molecule has 0 rings (SSSR count). The van der Waals surface area contributed by atoms with Gasteiger partial charge in [-0.3, -0.25) is 0 Å². The van der Waals surface area contributed by atoms with Gasteiger partial charge in [-0.25, -0.2) is 4.79 Å². The molecule has 0 fully saturated rings. The van der Waals surface area contributed by atoms with Crippen molar-refractivity contribution in [3.05, 3.63) is 12.0 Å². The fraction of sp³-hybridized carbons (Fsp3) is 0.667. The molecule has 5 nitrogen and oxygen atoms in total. The molecule has 84 valence electrons. The van der Waals surface area contributed by atoms with Gasteiger partial charge in [-0.1, -0.05) is 13.8 Å². The SMILES string of the molecule is CCOC(=O)/C=C(\[O-])OCC.CC[O-].[Mg+2]. The second kappa shape index (κ2) is 16.0. The van der Waals surface area contributed by atoms with E-state index in [1.807, 2.05) is 0 Å². The van der Waals surface area contributed by atoms with Crippen molar-refractivity contribution in [1.29, 1.82) is 0 Å². The van der Waals surface area contributed by atoms with Crippen LogP contribution in [0.25, 0.3) is 0 Å². The van der Waals surface area contributed by atoms with Gasteiger partial charge >= 0.3 is 29.0 Å². The van der Waals surface area contributed by atoms with E-state index in [1.165, 1.54) is 0 Å². The Labute approximate surface area is 106 Å². The van der Waals surface area contributed by atoms with Crippen LogP contribution in [0.1, 0.15) is 20.8 Å². The topological polar surface area (TPSA) is 81.7 Å². The summed E-state index contributed by atoms with van der Waals surface area (Å²) in [5, 5.41) is 19.5. The normalized spacial score (nSPS) is 9.20. The molecule has 0 aromatic carbocycles. The van der Waals surface area contributed by atoms with Crippen molar-refractivity contribution < 1.29 is 24.5 Å². The predicted octanol–water partition coefficient (Wildman–Crippen LogP) is -1.23. The van der Waals surface area contributed by atoms with Gasteiger partial charge in [0.1, 0.15) is 0 Å². The summed E-state index contributed by atoms with van der Waals surface area (Å²) in [5.74, 6) is -1.32. The average molecular weight is 229 g/mol. The molecule has 15 heavy (non-hydrogen) atoms. The molecule has 0 aromatic rings. The first-order chi connectivity index (χ1) is 6.62. The van der Waals surface area contributed by atoms with Crippen LogP contribution >= 0.6 is 0 Å². The zero-order valence-electron chi connectivity index (χ0n) is 9.45. The molecule has 0 aliphatic heterocycles. The fourth-order valence-corrected chi connectivity index (χ4v) is 0.464. The number of hydrogen-bond acceptors (Lipinski definition) is 5. The van der Waals surface area contributed by atoms with Crippen molar-refractivity contribution in [2.75, 3.05) is 19.8 Å². The molecule has 0 aliphatic rings. The van der Waals surface area contributed by atoms with E-state index in [0.29, 0.717) is 0 Å². The van der Waals surface area contributed by atoms with Crippen LogP contribution in [0, 0.1) is 0 Å². The van der Waals surface area contributed by atoms with Crippen LogP contribution in [-0.4, -0.2) is 48.8 Å². The van der Waals surface area contributed by atoms with Crippen molar-refractivity contribution in [3.8, 4) is 0 Å². The molecule has 0 saturated heterocycles. The van der Waals surface area contributed by atoms with E-state index in [9.17, 15) is 9.90 Å². The molecule has 0 aromatic heterocycles. The number of esters is 1. The number of carbonyl (C=O) groups is 1. The summed E-state index contributed by atoms with van der Waals surface area (Å²) >= 11 is 0. The largest absolute Gasteiger partial charge is 2.00 e. The molecule has 0 atom stereocenters. The zero-order chi connectivity index (χ0) is 11.4. The van der Waals surface area contributed by atoms with Crippen LogP contribution in [0.3, 0.4) is 0 Å². The predicted molar refractivity (Wildman–Crippen MR) is 52.6 cm³/mol. The third kappa shape index (κ3) is 19.8. The van der Waals surface area contributed by atoms with E-state index in [4.69, 9.17) is 5.11 Å². The van der Waals surface area contributed by atoms with Crippen molar-refractivity contribution in [2.24, 2.45) is 0 Å². The number of ether oxygens (including phenoxy) is 2. The Morgan fingerprint density at radius 1 is 1.20 bits per heavy atom. The molecule has 0 spiro atoms. The molecular formula is C9H16MgO5. The smallest absolute Gasteiger partial charge is 0.855 e. The molecule has 0 bridgehead atoms. The molecule has 0 unspecified atom stereocenters. The van der Waals surface area contributed by atoms with E-state index in [-0.39, 0.29) is 42.9 Å². The van der Waals surface area contributed by atoms with Gasteiger partial charge in [0.25, 0.3) is 0 Å². The Balaban J connectivity index is -0.000000320. The van der Waals surface area contributed by atoms with Crippen LogP contribution in [0.2, 0.25) is 0 Å². The number of rotatable bonds is 4. The minimum Gasteiger partial charge on any atom is -0.855 e. The van der Waals surface area contributed by atoms with Crippen molar-refractivity contribution >= 4 is 29.0 Å². The minimum atomic E-state index is -0.661. The summed E-state index contributed by atoms with van der Waals surface area (Å²) in [7, 11) is 0. The molecule has 0 amide bonds. The summed E-state index contributed by atoms with van der Waals surface area (Å²) in [5.41, 5.74) is 0. The van der Waals surface area contributed by atoms with Crippen LogP contribution in [0.15, 0.2) is 12.0 Å². The Morgan fingerprint density at radius 2 is 1.60 bits per heavy atom. The van der Waals surface area contributed by atoms with Gasteiger partial charge in [-0.05, 0) is 13.5 Å². The number of carbonyl (C=O) groups excluding carboxylic acids is 1. The monoisotopic (exact) mass is 228 g/mol. The molecule has 6 heteroatoms. The van der Waals surface area contributed by atoms with Gasteiger partial charge in [-0.2, -0.15) is 0 Å². The molecule has 0 aliphatic carbocycles. The van der Waals surface area contributed by atoms with Crippen molar-refractivity contribution in [3.63, 3.8) is 0 Å². The van der Waals surface area contributed by atoms with E-state index in [2.05, 4.69) is 9.47 Å². The maximum atomic E-state index is 10.5. The average Bonchev–Trinajstić information content (AvgIpc) is 2.05. The van der Waals surface area contributed by atoms with Crippen molar-refractivity contribution in [1.82, 2.24) is 0 Å². The summed E-state index contributed by atoms with van der Waals surface area (Å²) in [6.45, 7) is 5.41. The van der Waals surface area contributed by atoms with E-state index < -0.39 is 11.9 Å². The second-order valence-corrected chi connectivity index (χ2v) is 1.94. The molecule has 0 heterocycles. The summed E-state index contributed by atoms with van der Waals surface area (Å²) in [6.07, 6.45) is 0.785. The van der Waals surface area contributed by atoms with E-state index in [1.54, 1.807) is 20.8 Å². The van der Waals surface area contributed by atoms with Crippen LogP contribution in [0.5, 0.6) is 0 Å². The first kappa shape index (κ1) is 20.0.